The molecule has 0 unspecified atom stereocenters. The zero-order valence-electron chi connectivity index (χ0n) is 17.5. The molecule has 3 aliphatic heterocycles. The van der Waals surface area contributed by atoms with Crippen LogP contribution in [0, 0.1) is 18.8 Å². The molecule has 2 saturated heterocycles. The van der Waals surface area contributed by atoms with Crippen molar-refractivity contribution in [2.75, 3.05) is 5.32 Å². The summed E-state index contributed by atoms with van der Waals surface area (Å²) in [6.45, 7) is 7.43. The van der Waals surface area contributed by atoms with E-state index < -0.39 is 35.1 Å². The summed E-state index contributed by atoms with van der Waals surface area (Å²) in [4.78, 5) is 41.6. The molecule has 5 rings (SSSR count). The normalized spacial score (nSPS) is 34.4. The summed E-state index contributed by atoms with van der Waals surface area (Å²) in [6.07, 6.45) is 4.78. The number of rotatable bonds is 4. The number of nitrogens with one attached hydrogen (secondary N) is 2. The lowest BCUT2D eigenvalue weighted by atomic mass is 9.74. The lowest BCUT2D eigenvalue weighted by Gasteiger charge is -2.34. The van der Waals surface area contributed by atoms with Gasteiger partial charge in [-0.05, 0) is 40.5 Å². The van der Waals surface area contributed by atoms with Gasteiger partial charge in [-0.3, -0.25) is 14.4 Å². The van der Waals surface area contributed by atoms with Gasteiger partial charge in [0.25, 0.3) is 0 Å². The highest BCUT2D eigenvalue weighted by atomic mass is 16.5. The van der Waals surface area contributed by atoms with E-state index in [0.29, 0.717) is 11.6 Å². The van der Waals surface area contributed by atoms with Crippen molar-refractivity contribution in [3.63, 3.8) is 0 Å². The minimum atomic E-state index is -1.12. The van der Waals surface area contributed by atoms with Gasteiger partial charge in [0.1, 0.15) is 17.4 Å². The quantitative estimate of drug-likeness (QED) is 0.715. The Labute approximate surface area is 174 Å². The maximum Gasteiger partial charge on any atom is 0.246 e. The van der Waals surface area contributed by atoms with Crippen LogP contribution in [-0.4, -0.2) is 57.1 Å². The molecule has 9 nitrogen and oxygen atoms in total. The molecule has 3 fully saturated rings. The van der Waals surface area contributed by atoms with Crippen LogP contribution >= 0.6 is 0 Å². The van der Waals surface area contributed by atoms with Crippen LogP contribution in [0.1, 0.15) is 39.4 Å². The minimum Gasteiger partial charge on any atom is -0.360 e. The standard InChI is InChI=1S/C21H26N4O5/c1-10-9-13(24-30-10)22-17(26)14-12-7-8-21(29-12)15(14)19(28)25(11-5-6-11)16(21)18(27)23-20(2,3)4/h7-9,11-12,14-16H,5-6H2,1-4H3,(H,23,27)(H,22,24,26)/t12-,14-,15-,16+,21-/m0/s1. The third-order valence-corrected chi connectivity index (χ3v) is 6.18. The molecular weight excluding hydrogens is 388 g/mol. The van der Waals surface area contributed by atoms with Crippen LogP contribution in [0.4, 0.5) is 5.82 Å². The highest BCUT2D eigenvalue weighted by Crippen LogP contribution is 2.57. The average molecular weight is 414 g/mol. The van der Waals surface area contributed by atoms with E-state index in [2.05, 4.69) is 15.8 Å². The fourth-order valence-electron chi connectivity index (χ4n) is 5.03. The van der Waals surface area contributed by atoms with Gasteiger partial charge in [-0.25, -0.2) is 0 Å². The number of carbonyl (C=O) groups is 3. The zero-order chi connectivity index (χ0) is 21.4. The second kappa shape index (κ2) is 6.16. The van der Waals surface area contributed by atoms with E-state index in [1.165, 1.54) is 0 Å². The topological polar surface area (TPSA) is 114 Å². The lowest BCUT2D eigenvalue weighted by molar-refractivity contribution is -0.142. The smallest absolute Gasteiger partial charge is 0.246 e. The average Bonchev–Trinajstić information content (AvgIpc) is 3.01. The van der Waals surface area contributed by atoms with E-state index in [1.54, 1.807) is 24.0 Å². The van der Waals surface area contributed by atoms with Gasteiger partial charge in [0.2, 0.25) is 17.7 Å². The molecule has 0 radical (unpaired) electrons. The summed E-state index contributed by atoms with van der Waals surface area (Å²) in [5, 5.41) is 9.54. The van der Waals surface area contributed by atoms with Gasteiger partial charge in [-0.15, -0.1) is 0 Å². The maximum atomic E-state index is 13.5. The molecule has 30 heavy (non-hydrogen) atoms. The summed E-state index contributed by atoms with van der Waals surface area (Å²) in [5.41, 5.74) is -1.58. The lowest BCUT2D eigenvalue weighted by Crippen LogP contribution is -2.58. The van der Waals surface area contributed by atoms with Crippen LogP contribution in [0.5, 0.6) is 0 Å². The number of anilines is 1. The van der Waals surface area contributed by atoms with Crippen LogP contribution in [-0.2, 0) is 19.1 Å². The summed E-state index contributed by atoms with van der Waals surface area (Å²) >= 11 is 0. The van der Waals surface area contributed by atoms with Crippen LogP contribution in [0.15, 0.2) is 22.7 Å². The van der Waals surface area contributed by atoms with E-state index in [9.17, 15) is 14.4 Å². The second-order valence-corrected chi connectivity index (χ2v) is 9.73. The van der Waals surface area contributed by atoms with Gasteiger partial charge < -0.3 is 24.8 Å². The predicted octanol–water partition coefficient (Wildman–Crippen LogP) is 1.15. The number of aromatic nitrogens is 1. The molecule has 2 N–H and O–H groups in total. The second-order valence-electron chi connectivity index (χ2n) is 9.73. The summed E-state index contributed by atoms with van der Waals surface area (Å²) in [5.74, 6) is -1.39. The van der Waals surface area contributed by atoms with E-state index in [-0.39, 0.29) is 23.8 Å². The highest BCUT2D eigenvalue weighted by molar-refractivity contribution is 6.02. The number of fused-ring (bicyclic) bond motifs is 1. The molecule has 1 saturated carbocycles. The molecule has 1 aliphatic carbocycles. The predicted molar refractivity (Wildman–Crippen MR) is 105 cm³/mol. The number of carbonyl (C=O) groups excluding carboxylic acids is 3. The molecule has 4 heterocycles. The van der Waals surface area contributed by atoms with E-state index in [0.717, 1.165) is 12.8 Å². The molecular formula is C21H26N4O5. The molecule has 1 aromatic heterocycles. The minimum absolute atomic E-state index is 0.0196. The van der Waals surface area contributed by atoms with E-state index in [1.807, 2.05) is 26.8 Å². The molecule has 1 spiro atoms. The SMILES string of the molecule is Cc1cc(NC(=O)[C@H]2[C@@H]3C=C[C@]4(O3)[C@@H]2C(=O)N(C2CC2)[C@@H]4C(=O)NC(C)(C)C)no1. The molecule has 5 atom stereocenters. The Kier molecular flexibility index (Phi) is 3.96. The van der Waals surface area contributed by atoms with Crippen LogP contribution < -0.4 is 10.6 Å². The number of aryl methyl sites for hydroxylation is 1. The molecule has 1 aromatic rings. The number of nitrogens with zero attached hydrogens (tertiary/aromatic N) is 2. The van der Waals surface area contributed by atoms with Crippen molar-refractivity contribution >= 4 is 23.5 Å². The molecule has 0 aromatic carbocycles. The largest absolute Gasteiger partial charge is 0.360 e. The van der Waals surface area contributed by atoms with Crippen molar-refractivity contribution in [3.8, 4) is 0 Å². The Morgan fingerprint density at radius 2 is 2.00 bits per heavy atom. The van der Waals surface area contributed by atoms with Crippen LogP contribution in [0.3, 0.4) is 0 Å². The third-order valence-electron chi connectivity index (χ3n) is 6.18. The molecule has 4 aliphatic rings. The van der Waals surface area contributed by atoms with Crippen molar-refractivity contribution in [1.29, 1.82) is 0 Å². The van der Waals surface area contributed by atoms with Crippen molar-refractivity contribution in [2.45, 2.75) is 69.9 Å². The first-order chi connectivity index (χ1) is 14.1. The van der Waals surface area contributed by atoms with Crippen molar-refractivity contribution in [1.82, 2.24) is 15.4 Å². The fraction of sp³-hybridized carbons (Fsp3) is 0.619. The van der Waals surface area contributed by atoms with Crippen molar-refractivity contribution in [2.24, 2.45) is 11.8 Å². The van der Waals surface area contributed by atoms with E-state index in [4.69, 9.17) is 9.26 Å². The monoisotopic (exact) mass is 414 g/mol. The first-order valence-electron chi connectivity index (χ1n) is 10.4. The Balaban J connectivity index is 1.48. The Morgan fingerprint density at radius 3 is 2.60 bits per heavy atom. The summed E-state index contributed by atoms with van der Waals surface area (Å²) in [7, 11) is 0. The van der Waals surface area contributed by atoms with Crippen LogP contribution in [0.25, 0.3) is 0 Å². The van der Waals surface area contributed by atoms with E-state index >= 15 is 0 Å². The number of hydrogen-bond acceptors (Lipinski definition) is 6. The third kappa shape index (κ3) is 2.79. The number of likely N-dealkylation sites (tertiary alicyclic amines) is 1. The first-order valence-corrected chi connectivity index (χ1v) is 10.4. The van der Waals surface area contributed by atoms with Crippen molar-refractivity contribution in [3.05, 3.63) is 24.0 Å². The van der Waals surface area contributed by atoms with Gasteiger partial charge >= 0.3 is 0 Å². The van der Waals surface area contributed by atoms with Crippen molar-refractivity contribution < 1.29 is 23.6 Å². The zero-order valence-corrected chi connectivity index (χ0v) is 17.5. The number of hydrogen-bond donors (Lipinski definition) is 2. The van der Waals surface area contributed by atoms with Gasteiger partial charge in [-0.1, -0.05) is 17.3 Å². The molecule has 2 bridgehead atoms. The Bertz CT molecular complexity index is 959. The maximum absolute atomic E-state index is 13.5. The summed E-state index contributed by atoms with van der Waals surface area (Å²) in [6, 6.07) is 0.852. The van der Waals surface area contributed by atoms with Gasteiger partial charge in [-0.2, -0.15) is 0 Å². The van der Waals surface area contributed by atoms with Crippen LogP contribution in [0.2, 0.25) is 0 Å². The number of amides is 3. The Hall–Kier alpha value is -2.68. The van der Waals surface area contributed by atoms with Gasteiger partial charge in [0.15, 0.2) is 5.82 Å². The number of ether oxygens (including phenoxy) is 1. The first kappa shape index (κ1) is 19.3. The highest BCUT2D eigenvalue weighted by Gasteiger charge is 2.74. The molecule has 3 amide bonds. The Morgan fingerprint density at radius 1 is 1.27 bits per heavy atom. The van der Waals surface area contributed by atoms with Gasteiger partial charge in [0.05, 0.1) is 17.9 Å². The molecule has 9 heteroatoms. The fourth-order valence-corrected chi connectivity index (χ4v) is 5.03. The van der Waals surface area contributed by atoms with Gasteiger partial charge in [0, 0.05) is 17.6 Å². The summed E-state index contributed by atoms with van der Waals surface area (Å²) < 4.78 is 11.3. The molecule has 160 valence electrons.